The maximum absolute atomic E-state index is 13.5. The van der Waals surface area contributed by atoms with E-state index in [1.807, 2.05) is 17.0 Å². The van der Waals surface area contributed by atoms with E-state index in [0.29, 0.717) is 23.4 Å². The molecular weight excluding hydrogens is 421 g/mol. The highest BCUT2D eigenvalue weighted by atomic mass is 19.4. The number of pyridine rings is 1. The van der Waals surface area contributed by atoms with E-state index < -0.39 is 11.7 Å². The molecule has 164 valence electrons. The van der Waals surface area contributed by atoms with E-state index in [9.17, 15) is 18.0 Å². The summed E-state index contributed by atoms with van der Waals surface area (Å²) in [6, 6.07) is 11.0. The van der Waals surface area contributed by atoms with Gasteiger partial charge in [0.15, 0.2) is 5.82 Å². The van der Waals surface area contributed by atoms with Gasteiger partial charge in [-0.25, -0.2) is 15.0 Å². The van der Waals surface area contributed by atoms with Gasteiger partial charge in [-0.2, -0.15) is 13.2 Å². The maximum Gasteiger partial charge on any atom is 0.417 e. The van der Waals surface area contributed by atoms with Gasteiger partial charge in [0, 0.05) is 42.7 Å². The Morgan fingerprint density at radius 1 is 1.00 bits per heavy atom. The lowest BCUT2D eigenvalue weighted by atomic mass is 9.98. The average Bonchev–Trinajstić information content (AvgIpc) is 3.37. The Kier molecular flexibility index (Phi) is 5.03. The van der Waals surface area contributed by atoms with Gasteiger partial charge in [-0.15, -0.1) is 0 Å². The van der Waals surface area contributed by atoms with Crippen molar-refractivity contribution in [2.45, 2.75) is 43.6 Å². The topological polar surface area (TPSA) is 68.2 Å². The number of carbonyl (C=O) groups excluding carboxylic acids is 1. The summed E-state index contributed by atoms with van der Waals surface area (Å²) in [5, 5.41) is 0. The second kappa shape index (κ2) is 7.89. The van der Waals surface area contributed by atoms with Crippen molar-refractivity contribution in [1.29, 1.82) is 0 Å². The van der Waals surface area contributed by atoms with Gasteiger partial charge in [0.05, 0.1) is 17.2 Å². The van der Waals surface area contributed by atoms with Gasteiger partial charge in [-0.05, 0) is 31.0 Å². The Balaban J connectivity index is 1.36. The van der Waals surface area contributed by atoms with Gasteiger partial charge in [-0.3, -0.25) is 4.79 Å². The summed E-state index contributed by atoms with van der Waals surface area (Å²) < 4.78 is 44.2. The van der Waals surface area contributed by atoms with Crippen LogP contribution in [0.2, 0.25) is 0 Å². The fourth-order valence-corrected chi connectivity index (χ4v) is 4.59. The van der Waals surface area contributed by atoms with Crippen molar-refractivity contribution in [3.8, 4) is 17.3 Å². The van der Waals surface area contributed by atoms with Gasteiger partial charge < -0.3 is 9.64 Å². The second-order valence-electron chi connectivity index (χ2n) is 7.90. The third-order valence-corrected chi connectivity index (χ3v) is 6.01. The number of hydrogen-bond donors (Lipinski definition) is 0. The lowest BCUT2D eigenvalue weighted by Crippen LogP contribution is -2.39. The smallest absolute Gasteiger partial charge is 0.417 e. The van der Waals surface area contributed by atoms with Crippen LogP contribution in [0, 0.1) is 0 Å². The van der Waals surface area contributed by atoms with Crippen molar-refractivity contribution in [3.63, 3.8) is 0 Å². The van der Waals surface area contributed by atoms with Crippen LogP contribution in [0.5, 0.6) is 5.88 Å². The number of nitrogens with zero attached hydrogens (tertiary/aromatic N) is 4. The molecule has 5 rings (SSSR count). The number of alkyl halides is 3. The fraction of sp³-hybridized carbons (Fsp3) is 0.304. The molecule has 2 aliphatic heterocycles. The Bertz CT molecular complexity index is 1120. The summed E-state index contributed by atoms with van der Waals surface area (Å²) >= 11 is 0. The Morgan fingerprint density at radius 2 is 1.78 bits per heavy atom. The molecule has 32 heavy (non-hydrogen) atoms. The molecule has 1 aromatic carbocycles. The zero-order valence-corrected chi connectivity index (χ0v) is 16.9. The highest BCUT2D eigenvalue weighted by Gasteiger charge is 2.50. The van der Waals surface area contributed by atoms with Crippen LogP contribution >= 0.6 is 0 Å². The number of rotatable bonds is 4. The van der Waals surface area contributed by atoms with Crippen molar-refractivity contribution in [1.82, 2.24) is 19.9 Å². The maximum atomic E-state index is 13.5. The summed E-state index contributed by atoms with van der Waals surface area (Å²) in [4.78, 5) is 27.7. The van der Waals surface area contributed by atoms with E-state index in [4.69, 9.17) is 4.74 Å². The number of benzene rings is 1. The number of carbonyl (C=O) groups is 1. The first-order valence-electron chi connectivity index (χ1n) is 10.3. The molecule has 2 fully saturated rings. The van der Waals surface area contributed by atoms with Crippen LogP contribution in [-0.2, 0) is 6.18 Å². The van der Waals surface area contributed by atoms with Crippen molar-refractivity contribution in [2.75, 3.05) is 0 Å². The van der Waals surface area contributed by atoms with E-state index in [-0.39, 0.29) is 30.0 Å². The molecule has 3 unspecified atom stereocenters. The van der Waals surface area contributed by atoms with E-state index in [1.54, 1.807) is 30.6 Å². The summed E-state index contributed by atoms with van der Waals surface area (Å²) in [5.74, 6) is 0.484. The number of fused-ring (bicyclic) bond motifs is 2. The second-order valence-corrected chi connectivity index (χ2v) is 7.90. The molecule has 4 heterocycles. The van der Waals surface area contributed by atoms with Crippen LogP contribution in [-0.4, -0.2) is 43.9 Å². The molecule has 0 radical (unpaired) electrons. The number of ether oxygens (including phenoxy) is 1. The molecule has 0 saturated carbocycles. The number of halogens is 3. The summed E-state index contributed by atoms with van der Waals surface area (Å²) in [7, 11) is 0. The van der Waals surface area contributed by atoms with Gasteiger partial charge in [0.1, 0.15) is 6.10 Å². The predicted molar refractivity (Wildman–Crippen MR) is 109 cm³/mol. The summed E-state index contributed by atoms with van der Waals surface area (Å²) in [6.45, 7) is 0. The zero-order valence-electron chi connectivity index (χ0n) is 16.9. The quantitative estimate of drug-likeness (QED) is 0.602. The average molecular weight is 440 g/mol. The lowest BCUT2D eigenvalue weighted by Gasteiger charge is -2.25. The van der Waals surface area contributed by atoms with Crippen LogP contribution in [0.15, 0.2) is 61.1 Å². The molecule has 2 aromatic heterocycles. The first kappa shape index (κ1) is 20.4. The summed E-state index contributed by atoms with van der Waals surface area (Å²) in [6.07, 6.45) is 1.50. The Hall–Kier alpha value is -3.49. The van der Waals surface area contributed by atoms with Crippen molar-refractivity contribution < 1.29 is 22.7 Å². The molecule has 0 aliphatic carbocycles. The van der Waals surface area contributed by atoms with E-state index in [0.717, 1.165) is 25.1 Å². The molecule has 6 nitrogen and oxygen atoms in total. The number of amides is 1. The molecule has 0 spiro atoms. The van der Waals surface area contributed by atoms with Crippen LogP contribution in [0.3, 0.4) is 0 Å². The fourth-order valence-electron chi connectivity index (χ4n) is 4.59. The molecule has 9 heteroatoms. The standard InChI is InChI=1S/C23H19F3N4O2/c24-23(25,26)14-6-9-20(29-13-14)32-19-12-15-7-8-18(19)30(15)22(31)17-5-2-1-4-16(17)21-27-10-3-11-28-21/h1-6,9-11,13,15,18-19H,7-8,12H2. The molecule has 2 bridgehead atoms. The minimum Gasteiger partial charge on any atom is -0.472 e. The van der Waals surface area contributed by atoms with Crippen molar-refractivity contribution >= 4 is 5.91 Å². The lowest BCUT2D eigenvalue weighted by molar-refractivity contribution is -0.137. The van der Waals surface area contributed by atoms with Gasteiger partial charge in [-0.1, -0.05) is 18.2 Å². The summed E-state index contributed by atoms with van der Waals surface area (Å²) in [5.41, 5.74) is 0.351. The molecule has 2 aliphatic rings. The zero-order chi connectivity index (χ0) is 22.3. The van der Waals surface area contributed by atoms with Crippen LogP contribution < -0.4 is 4.74 Å². The highest BCUT2D eigenvalue weighted by Crippen LogP contribution is 2.41. The van der Waals surface area contributed by atoms with Gasteiger partial charge >= 0.3 is 6.18 Å². The number of aromatic nitrogens is 3. The van der Waals surface area contributed by atoms with Gasteiger partial charge in [0.25, 0.3) is 5.91 Å². The first-order chi connectivity index (χ1) is 15.4. The molecular formula is C23H19F3N4O2. The van der Waals surface area contributed by atoms with Crippen LogP contribution in [0.25, 0.3) is 11.4 Å². The predicted octanol–water partition coefficient (Wildman–Crippen LogP) is 4.38. The van der Waals surface area contributed by atoms with E-state index >= 15 is 0 Å². The highest BCUT2D eigenvalue weighted by molar-refractivity contribution is 6.00. The molecule has 1 amide bonds. The Labute approximate surface area is 182 Å². The minimum absolute atomic E-state index is 0.0108. The number of hydrogen-bond acceptors (Lipinski definition) is 5. The molecule has 3 atom stereocenters. The monoisotopic (exact) mass is 440 g/mol. The third kappa shape index (κ3) is 3.68. The van der Waals surface area contributed by atoms with Crippen LogP contribution in [0.4, 0.5) is 13.2 Å². The third-order valence-electron chi connectivity index (χ3n) is 6.01. The largest absolute Gasteiger partial charge is 0.472 e. The Morgan fingerprint density at radius 3 is 2.50 bits per heavy atom. The van der Waals surface area contributed by atoms with E-state index in [1.165, 1.54) is 6.07 Å². The first-order valence-corrected chi connectivity index (χ1v) is 10.3. The molecule has 0 N–H and O–H groups in total. The van der Waals surface area contributed by atoms with Gasteiger partial charge in [0.2, 0.25) is 5.88 Å². The minimum atomic E-state index is -4.45. The molecule has 2 saturated heterocycles. The van der Waals surface area contributed by atoms with Crippen molar-refractivity contribution in [3.05, 3.63) is 72.2 Å². The SMILES string of the molecule is O=C(c1ccccc1-c1ncccn1)N1C2CCC1C(Oc1ccc(C(F)(F)F)cn1)C2. The van der Waals surface area contributed by atoms with Crippen LogP contribution in [0.1, 0.15) is 35.2 Å². The molecule has 3 aromatic rings. The van der Waals surface area contributed by atoms with E-state index in [2.05, 4.69) is 15.0 Å². The van der Waals surface area contributed by atoms with Crippen molar-refractivity contribution in [2.24, 2.45) is 0 Å². The normalized spacial score (nSPS) is 22.2.